The van der Waals surface area contributed by atoms with Crippen LogP contribution in [0.5, 0.6) is 0 Å². The first kappa shape index (κ1) is 26.2. The Morgan fingerprint density at radius 2 is 1.18 bits per heavy atom. The van der Waals surface area contributed by atoms with Crippen molar-refractivity contribution >= 4 is 5.69 Å². The Morgan fingerprint density at radius 1 is 0.758 bits per heavy atom. The molecule has 0 radical (unpaired) electrons. The van der Waals surface area contributed by atoms with Crippen molar-refractivity contribution < 1.29 is 52.7 Å². The van der Waals surface area contributed by atoms with Gasteiger partial charge in [-0.2, -0.15) is 63.2 Å². The predicted octanol–water partition coefficient (Wildman–Crippen LogP) is 6.64. The molecule has 0 bridgehead atoms. The van der Waals surface area contributed by atoms with Gasteiger partial charge in [0.05, 0.1) is 12.1 Å². The van der Waals surface area contributed by atoms with Gasteiger partial charge < -0.3 is 5.32 Å². The first-order valence-electron chi connectivity index (χ1n) is 8.45. The zero-order valence-corrected chi connectivity index (χ0v) is 15.6. The van der Waals surface area contributed by atoms with E-state index in [0.717, 1.165) is 24.3 Å². The summed E-state index contributed by atoms with van der Waals surface area (Å²) in [5.41, 5.74) is -15.5. The van der Waals surface area contributed by atoms with Crippen molar-refractivity contribution in [1.82, 2.24) is 0 Å². The number of para-hydroxylation sites is 1. The van der Waals surface area contributed by atoms with Crippen LogP contribution in [0.4, 0.5) is 58.4 Å². The minimum Gasteiger partial charge on any atom is -0.359 e. The molecule has 0 amide bonds. The van der Waals surface area contributed by atoms with Gasteiger partial charge in [0.1, 0.15) is 0 Å². The summed E-state index contributed by atoms with van der Waals surface area (Å²) in [7, 11) is 0. The number of hydrogen-bond donors (Lipinski definition) is 1. The van der Waals surface area contributed by atoms with Crippen molar-refractivity contribution in [2.75, 3.05) is 5.32 Å². The molecule has 0 saturated heterocycles. The van der Waals surface area contributed by atoms with E-state index in [9.17, 15) is 63.2 Å². The third-order valence-electron chi connectivity index (χ3n) is 5.13. The van der Waals surface area contributed by atoms with Gasteiger partial charge in [0.25, 0.3) is 0 Å². The molecule has 15 heteroatoms. The Labute approximate surface area is 176 Å². The zero-order chi connectivity index (χ0) is 25.7. The highest BCUT2D eigenvalue weighted by molar-refractivity contribution is 5.58. The molecule has 1 N–H and O–H groups in total. The van der Waals surface area contributed by atoms with Crippen molar-refractivity contribution in [3.05, 3.63) is 41.6 Å². The molecule has 0 aromatic heterocycles. The summed E-state index contributed by atoms with van der Waals surface area (Å²) in [5, 5.41) is 20.2. The third-order valence-corrected chi connectivity index (χ3v) is 5.13. The van der Waals surface area contributed by atoms with Gasteiger partial charge in [-0.15, -0.1) is 0 Å². The van der Waals surface area contributed by atoms with E-state index in [1.54, 1.807) is 5.32 Å². The second-order valence-corrected chi connectivity index (χ2v) is 6.95. The van der Waals surface area contributed by atoms with Crippen LogP contribution >= 0.6 is 0 Å². The molecule has 2 rings (SSSR count). The Bertz CT molecular complexity index is 958. The summed E-state index contributed by atoms with van der Waals surface area (Å²) in [6, 6.07) is 5.86. The van der Waals surface area contributed by atoms with Crippen molar-refractivity contribution in [1.29, 1.82) is 10.5 Å². The van der Waals surface area contributed by atoms with Gasteiger partial charge in [0.15, 0.2) is 11.3 Å². The molecule has 0 spiro atoms. The minimum atomic E-state index is -6.65. The highest BCUT2D eigenvalue weighted by atomic mass is 19.4. The summed E-state index contributed by atoms with van der Waals surface area (Å²) in [5.74, 6) is -4.97. The smallest absolute Gasteiger partial charge is 0.359 e. The molecule has 3 nitrogen and oxygen atoms in total. The number of nitrogens with one attached hydrogen (secondary N) is 1. The summed E-state index contributed by atoms with van der Waals surface area (Å²) in [4.78, 5) is 0. The molecular formula is C18H9F12N3. The molecule has 1 aromatic rings. The van der Waals surface area contributed by atoms with E-state index in [1.807, 2.05) is 0 Å². The SMILES string of the molecule is N#CC1(C#N)C(C(C(F)(F)F)C(F)(F)F)=C(Nc2ccccc2)CC1(C(F)(F)F)C(F)(F)F. The van der Waals surface area contributed by atoms with Crippen LogP contribution < -0.4 is 5.32 Å². The normalized spacial score (nSPS) is 18.8. The molecule has 0 aliphatic heterocycles. The van der Waals surface area contributed by atoms with Crippen LogP contribution in [0.3, 0.4) is 0 Å². The summed E-state index contributed by atoms with van der Waals surface area (Å²) >= 11 is 0. The topological polar surface area (TPSA) is 59.6 Å². The maximum atomic E-state index is 13.9. The van der Waals surface area contributed by atoms with Gasteiger partial charge in [-0.25, -0.2) is 0 Å². The molecule has 180 valence electrons. The number of hydrogen-bond acceptors (Lipinski definition) is 3. The number of allylic oxidation sites excluding steroid dienone is 2. The minimum absolute atomic E-state index is 0.223. The van der Waals surface area contributed by atoms with Gasteiger partial charge >= 0.3 is 24.7 Å². The van der Waals surface area contributed by atoms with E-state index in [-0.39, 0.29) is 12.1 Å². The van der Waals surface area contributed by atoms with Gasteiger partial charge in [-0.3, -0.25) is 0 Å². The van der Waals surface area contributed by atoms with Crippen molar-refractivity contribution in [2.45, 2.75) is 31.1 Å². The third kappa shape index (κ3) is 3.94. The van der Waals surface area contributed by atoms with Gasteiger partial charge in [0.2, 0.25) is 5.41 Å². The van der Waals surface area contributed by atoms with Crippen LogP contribution in [0.2, 0.25) is 0 Å². The Balaban J connectivity index is 3.08. The van der Waals surface area contributed by atoms with E-state index in [1.165, 1.54) is 6.07 Å². The second-order valence-electron chi connectivity index (χ2n) is 6.95. The molecule has 0 fully saturated rings. The lowest BCUT2D eigenvalue weighted by molar-refractivity contribution is -0.358. The molecule has 1 aliphatic rings. The zero-order valence-electron chi connectivity index (χ0n) is 15.6. The number of alkyl halides is 12. The second kappa shape index (κ2) is 7.74. The molecule has 1 aromatic carbocycles. The molecular weight excluding hydrogens is 486 g/mol. The van der Waals surface area contributed by atoms with Crippen LogP contribution in [0.1, 0.15) is 6.42 Å². The number of nitrogens with zero attached hydrogens (tertiary/aromatic N) is 2. The lowest BCUT2D eigenvalue weighted by Crippen LogP contribution is -2.59. The van der Waals surface area contributed by atoms with E-state index in [2.05, 4.69) is 0 Å². The lowest BCUT2D eigenvalue weighted by Gasteiger charge is -2.42. The Morgan fingerprint density at radius 3 is 1.52 bits per heavy atom. The van der Waals surface area contributed by atoms with Crippen LogP contribution in [-0.2, 0) is 0 Å². The maximum Gasteiger partial charge on any atom is 0.406 e. The average Bonchev–Trinajstić information content (AvgIpc) is 2.91. The molecule has 1 aliphatic carbocycles. The fraction of sp³-hybridized carbons (Fsp3) is 0.444. The summed E-state index contributed by atoms with van der Waals surface area (Å²) in [6.45, 7) is 0. The van der Waals surface area contributed by atoms with Crippen LogP contribution in [0.15, 0.2) is 41.6 Å². The molecule has 0 atom stereocenters. The molecule has 0 saturated carbocycles. The molecule has 0 heterocycles. The largest absolute Gasteiger partial charge is 0.406 e. The maximum absolute atomic E-state index is 13.9. The van der Waals surface area contributed by atoms with E-state index in [4.69, 9.17) is 0 Å². The fourth-order valence-corrected chi connectivity index (χ4v) is 3.78. The van der Waals surface area contributed by atoms with E-state index >= 15 is 0 Å². The van der Waals surface area contributed by atoms with Crippen LogP contribution in [0, 0.1) is 39.4 Å². The Hall–Kier alpha value is -3.10. The highest BCUT2D eigenvalue weighted by Crippen LogP contribution is 2.71. The summed E-state index contributed by atoms with van der Waals surface area (Å²) in [6.07, 6.45) is -28.9. The van der Waals surface area contributed by atoms with Crippen molar-refractivity contribution in [2.24, 2.45) is 16.7 Å². The lowest BCUT2D eigenvalue weighted by atomic mass is 9.61. The average molecular weight is 495 g/mol. The quantitative estimate of drug-likeness (QED) is 0.479. The fourth-order valence-electron chi connectivity index (χ4n) is 3.78. The number of halogens is 12. The summed E-state index contributed by atoms with van der Waals surface area (Å²) < 4.78 is 164. The van der Waals surface area contributed by atoms with Gasteiger partial charge in [0, 0.05) is 23.4 Å². The number of anilines is 1. The number of benzene rings is 1. The monoisotopic (exact) mass is 495 g/mol. The predicted molar refractivity (Wildman–Crippen MR) is 85.5 cm³/mol. The number of nitriles is 2. The molecule has 0 unspecified atom stereocenters. The van der Waals surface area contributed by atoms with E-state index < -0.39 is 64.8 Å². The molecule has 33 heavy (non-hydrogen) atoms. The van der Waals surface area contributed by atoms with Crippen LogP contribution in [-0.4, -0.2) is 24.7 Å². The van der Waals surface area contributed by atoms with Gasteiger partial charge in [-0.1, -0.05) is 18.2 Å². The van der Waals surface area contributed by atoms with Crippen molar-refractivity contribution in [3.8, 4) is 12.1 Å². The van der Waals surface area contributed by atoms with Gasteiger partial charge in [-0.05, 0) is 12.1 Å². The number of rotatable bonds is 3. The first-order valence-corrected chi connectivity index (χ1v) is 8.45. The van der Waals surface area contributed by atoms with Crippen LogP contribution in [0.25, 0.3) is 0 Å². The van der Waals surface area contributed by atoms with E-state index in [0.29, 0.717) is 0 Å². The van der Waals surface area contributed by atoms with Crippen molar-refractivity contribution in [3.63, 3.8) is 0 Å². The highest BCUT2D eigenvalue weighted by Gasteiger charge is 2.86. The standard InChI is InChI=1S/C18H9F12N3/c19-15(20,21)12(16(22,23)24)11-10(33-9-4-2-1-3-5-9)6-14(17(25,26)27,18(28,29)30)13(11,7-31)8-32/h1-5,12,33H,6H2. The first-order chi connectivity index (χ1) is 14.8. The Kier molecular flexibility index (Phi) is 6.14.